The van der Waals surface area contributed by atoms with E-state index >= 15 is 0 Å². The standard InChI is InChI=1S/C10H12O3.K/c11-9(10(12)13)7-6-8-4-2-1-3-5-8;/h1-5,9,11H,6-7H2,(H,12,13);/q;+1/p-1/t9-;/m1./s1. The number of carbonyl (C=O) groups is 1. The van der Waals surface area contributed by atoms with Gasteiger partial charge in [-0.15, -0.1) is 0 Å². The zero-order chi connectivity index (χ0) is 9.68. The zero-order valence-electron chi connectivity index (χ0n) is 8.14. The van der Waals surface area contributed by atoms with E-state index in [4.69, 9.17) is 5.11 Å². The monoisotopic (exact) mass is 218 g/mol. The van der Waals surface area contributed by atoms with Crippen LogP contribution in [0.15, 0.2) is 30.3 Å². The van der Waals surface area contributed by atoms with E-state index < -0.39 is 12.1 Å². The van der Waals surface area contributed by atoms with Gasteiger partial charge < -0.3 is 15.0 Å². The van der Waals surface area contributed by atoms with Gasteiger partial charge in [0, 0.05) is 0 Å². The van der Waals surface area contributed by atoms with E-state index in [0.717, 1.165) is 5.56 Å². The molecule has 1 rings (SSSR count). The Labute approximate surface area is 126 Å². The zero-order valence-corrected chi connectivity index (χ0v) is 11.3. The first-order chi connectivity index (χ1) is 6.20. The molecule has 14 heavy (non-hydrogen) atoms. The first-order valence-electron chi connectivity index (χ1n) is 4.13. The van der Waals surface area contributed by atoms with Crippen molar-refractivity contribution >= 4 is 5.97 Å². The Morgan fingerprint density at radius 3 is 2.43 bits per heavy atom. The molecule has 0 saturated carbocycles. The molecule has 0 radical (unpaired) electrons. The van der Waals surface area contributed by atoms with Crippen LogP contribution in [-0.4, -0.2) is 17.2 Å². The molecule has 3 nitrogen and oxygen atoms in total. The summed E-state index contributed by atoms with van der Waals surface area (Å²) >= 11 is 0. The van der Waals surface area contributed by atoms with E-state index in [1.807, 2.05) is 30.3 Å². The fraction of sp³-hybridized carbons (Fsp3) is 0.300. The summed E-state index contributed by atoms with van der Waals surface area (Å²) in [7, 11) is 0. The predicted molar refractivity (Wildman–Crippen MR) is 45.8 cm³/mol. The number of carboxylic acids is 1. The molecule has 1 aromatic carbocycles. The van der Waals surface area contributed by atoms with Crippen molar-refractivity contribution in [2.75, 3.05) is 0 Å². The quantitative estimate of drug-likeness (QED) is 0.540. The van der Waals surface area contributed by atoms with Crippen LogP contribution in [-0.2, 0) is 11.2 Å². The van der Waals surface area contributed by atoms with Crippen LogP contribution in [0.4, 0.5) is 0 Å². The van der Waals surface area contributed by atoms with Gasteiger partial charge in [0.2, 0.25) is 0 Å². The van der Waals surface area contributed by atoms with Gasteiger partial charge in [0.15, 0.2) is 0 Å². The third-order valence-electron chi connectivity index (χ3n) is 1.82. The van der Waals surface area contributed by atoms with Crippen LogP contribution in [0.2, 0.25) is 0 Å². The number of aliphatic hydroxyl groups excluding tert-OH is 1. The molecule has 0 saturated heterocycles. The van der Waals surface area contributed by atoms with Gasteiger partial charge in [-0.2, -0.15) is 0 Å². The van der Waals surface area contributed by atoms with Crippen molar-refractivity contribution in [2.24, 2.45) is 0 Å². The van der Waals surface area contributed by atoms with Gasteiger partial charge in [0.05, 0.1) is 12.1 Å². The second-order valence-corrected chi connectivity index (χ2v) is 2.86. The summed E-state index contributed by atoms with van der Waals surface area (Å²) in [5.41, 5.74) is 1.02. The van der Waals surface area contributed by atoms with Crippen LogP contribution in [0.5, 0.6) is 0 Å². The molecule has 70 valence electrons. The summed E-state index contributed by atoms with van der Waals surface area (Å²) in [6, 6.07) is 9.42. The van der Waals surface area contributed by atoms with Crippen molar-refractivity contribution in [3.63, 3.8) is 0 Å². The number of aliphatic hydroxyl groups is 1. The number of hydrogen-bond donors (Lipinski definition) is 1. The number of rotatable bonds is 4. The van der Waals surface area contributed by atoms with E-state index in [0.29, 0.717) is 6.42 Å². The van der Waals surface area contributed by atoms with Gasteiger partial charge in [-0.25, -0.2) is 0 Å². The van der Waals surface area contributed by atoms with Crippen molar-refractivity contribution in [3.05, 3.63) is 35.9 Å². The minimum Gasteiger partial charge on any atom is -0.547 e. The number of benzene rings is 1. The molecule has 0 unspecified atom stereocenters. The molecular weight excluding hydrogens is 207 g/mol. The normalized spacial score (nSPS) is 11.5. The average Bonchev–Trinajstić information content (AvgIpc) is 2.15. The van der Waals surface area contributed by atoms with Crippen molar-refractivity contribution in [3.8, 4) is 0 Å². The number of carbonyl (C=O) groups excluding carboxylic acids is 1. The van der Waals surface area contributed by atoms with Crippen LogP contribution < -0.4 is 56.5 Å². The van der Waals surface area contributed by atoms with Gasteiger partial charge >= 0.3 is 51.4 Å². The summed E-state index contributed by atoms with van der Waals surface area (Å²) in [5, 5.41) is 19.1. The number of aryl methyl sites for hydroxylation is 1. The Bertz CT molecular complexity index is 274. The van der Waals surface area contributed by atoms with Crippen LogP contribution >= 0.6 is 0 Å². The fourth-order valence-electron chi connectivity index (χ4n) is 1.07. The Morgan fingerprint density at radius 1 is 1.36 bits per heavy atom. The maximum absolute atomic E-state index is 10.2. The van der Waals surface area contributed by atoms with Crippen LogP contribution in [0.1, 0.15) is 12.0 Å². The topological polar surface area (TPSA) is 60.4 Å². The molecule has 0 spiro atoms. The Balaban J connectivity index is 0.00000169. The average molecular weight is 218 g/mol. The Hall–Kier alpha value is 0.286. The van der Waals surface area contributed by atoms with E-state index in [9.17, 15) is 9.90 Å². The second kappa shape index (κ2) is 7.56. The molecule has 0 heterocycles. The smallest absolute Gasteiger partial charge is 0.547 e. The predicted octanol–water partition coefficient (Wildman–Crippen LogP) is -3.27. The molecule has 0 aliphatic rings. The molecular formula is C10H11KO3. The SMILES string of the molecule is O=C([O-])[C@H](O)CCc1ccccc1.[K+]. The van der Waals surface area contributed by atoms with Crippen molar-refractivity contribution < 1.29 is 66.4 Å². The molecule has 0 aliphatic carbocycles. The van der Waals surface area contributed by atoms with Crippen molar-refractivity contribution in [1.29, 1.82) is 0 Å². The number of aliphatic carboxylic acids is 1. The molecule has 1 atom stereocenters. The second-order valence-electron chi connectivity index (χ2n) is 2.86. The van der Waals surface area contributed by atoms with Gasteiger partial charge in [-0.1, -0.05) is 30.3 Å². The molecule has 0 aromatic heterocycles. The maximum Gasteiger partial charge on any atom is 1.00 e. The summed E-state index contributed by atoms with van der Waals surface area (Å²) in [4.78, 5) is 10.2. The molecule has 0 aliphatic heterocycles. The summed E-state index contributed by atoms with van der Waals surface area (Å²) < 4.78 is 0. The summed E-state index contributed by atoms with van der Waals surface area (Å²) in [6.45, 7) is 0. The van der Waals surface area contributed by atoms with Gasteiger partial charge in [0.25, 0.3) is 0 Å². The molecule has 0 bridgehead atoms. The molecule has 1 N–H and O–H groups in total. The van der Waals surface area contributed by atoms with Gasteiger partial charge in [-0.05, 0) is 18.4 Å². The van der Waals surface area contributed by atoms with E-state index in [1.54, 1.807) is 0 Å². The molecule has 1 aromatic rings. The van der Waals surface area contributed by atoms with Crippen LogP contribution in [0.3, 0.4) is 0 Å². The van der Waals surface area contributed by atoms with Gasteiger partial charge in [-0.3, -0.25) is 0 Å². The number of hydrogen-bond acceptors (Lipinski definition) is 3. The Morgan fingerprint density at radius 2 is 1.93 bits per heavy atom. The molecule has 4 heteroatoms. The van der Waals surface area contributed by atoms with Crippen molar-refractivity contribution in [2.45, 2.75) is 18.9 Å². The van der Waals surface area contributed by atoms with Gasteiger partial charge in [0.1, 0.15) is 0 Å². The van der Waals surface area contributed by atoms with E-state index in [1.165, 1.54) is 0 Å². The van der Waals surface area contributed by atoms with E-state index in [-0.39, 0.29) is 57.8 Å². The van der Waals surface area contributed by atoms with Crippen LogP contribution in [0, 0.1) is 0 Å². The first kappa shape index (κ1) is 14.3. The maximum atomic E-state index is 10.2. The Kier molecular flexibility index (Phi) is 7.72. The van der Waals surface area contributed by atoms with E-state index in [2.05, 4.69) is 0 Å². The molecule has 0 fully saturated rings. The summed E-state index contributed by atoms with van der Waals surface area (Å²) in [5.74, 6) is -1.41. The van der Waals surface area contributed by atoms with Crippen molar-refractivity contribution in [1.82, 2.24) is 0 Å². The van der Waals surface area contributed by atoms with Crippen LogP contribution in [0.25, 0.3) is 0 Å². The summed E-state index contributed by atoms with van der Waals surface area (Å²) in [6.07, 6.45) is -0.609. The third kappa shape index (κ3) is 5.24. The molecule has 0 amide bonds. The minimum atomic E-state index is -1.41. The largest absolute Gasteiger partial charge is 1.00 e. The number of carboxylic acid groups (broad SMARTS) is 1. The fourth-order valence-corrected chi connectivity index (χ4v) is 1.07. The first-order valence-corrected chi connectivity index (χ1v) is 4.13. The third-order valence-corrected chi connectivity index (χ3v) is 1.82. The minimum absolute atomic E-state index is 0.